The molecule has 2 N–H and O–H groups in total. The molecule has 0 aromatic carbocycles. The van der Waals surface area contributed by atoms with Crippen LogP contribution in [0, 0.1) is 0 Å². The highest BCUT2D eigenvalue weighted by Crippen LogP contribution is 2.25. The highest BCUT2D eigenvalue weighted by atomic mass is 16.1. The van der Waals surface area contributed by atoms with Gasteiger partial charge in [0.05, 0.1) is 6.20 Å². The molecule has 0 amide bonds. The van der Waals surface area contributed by atoms with E-state index >= 15 is 0 Å². The number of nitrogens with one attached hydrogen (secondary N) is 2. The number of H-pyrrole nitrogens is 2. The molecule has 0 aliphatic carbocycles. The van der Waals surface area contributed by atoms with Gasteiger partial charge in [0.25, 0.3) is 5.56 Å². The van der Waals surface area contributed by atoms with Gasteiger partial charge in [-0.05, 0) is 6.07 Å². The molecule has 0 spiro atoms. The van der Waals surface area contributed by atoms with Crippen LogP contribution in [0.1, 0.15) is 0 Å². The first-order valence-corrected chi connectivity index (χ1v) is 4.93. The number of aromatic nitrogens is 4. The number of hydrogen-bond acceptors (Lipinski definition) is 2. The minimum absolute atomic E-state index is 0.0743. The minimum atomic E-state index is -0.0743. The van der Waals surface area contributed by atoms with Crippen LogP contribution in [0.4, 0.5) is 0 Å². The highest BCUT2D eigenvalue weighted by Gasteiger charge is 2.09. The number of aromatic amines is 2. The standard InChI is InChI=1S/C11H10N4O/c1-15-3-2-8-9(7-4-13-14-5-7)6-12-11(16)10(8)15/h2-6H,1H3,(H,12,16)(H,13,14). The third kappa shape index (κ3) is 1.11. The van der Waals surface area contributed by atoms with Crippen molar-refractivity contribution in [3.63, 3.8) is 0 Å². The van der Waals surface area contributed by atoms with Crippen LogP contribution in [0.25, 0.3) is 22.0 Å². The zero-order chi connectivity index (χ0) is 11.1. The largest absolute Gasteiger partial charge is 0.346 e. The monoisotopic (exact) mass is 214 g/mol. The van der Waals surface area contributed by atoms with E-state index in [0.29, 0.717) is 5.52 Å². The number of aryl methyl sites for hydroxylation is 1. The fraction of sp³-hybridized carbons (Fsp3) is 0.0909. The summed E-state index contributed by atoms with van der Waals surface area (Å²) in [4.78, 5) is 14.4. The average Bonchev–Trinajstić information content (AvgIpc) is 2.89. The van der Waals surface area contributed by atoms with E-state index in [2.05, 4.69) is 15.2 Å². The fourth-order valence-corrected chi connectivity index (χ4v) is 1.95. The Kier molecular flexibility index (Phi) is 1.73. The number of nitrogens with zero attached hydrogens (tertiary/aromatic N) is 2. The smallest absolute Gasteiger partial charge is 0.272 e. The predicted molar refractivity (Wildman–Crippen MR) is 61.1 cm³/mol. The molecule has 16 heavy (non-hydrogen) atoms. The Labute approximate surface area is 90.7 Å². The number of hydrogen-bond donors (Lipinski definition) is 2. The van der Waals surface area contributed by atoms with Gasteiger partial charge in [0, 0.05) is 42.2 Å². The minimum Gasteiger partial charge on any atom is -0.346 e. The summed E-state index contributed by atoms with van der Waals surface area (Å²) in [5.41, 5.74) is 2.55. The van der Waals surface area contributed by atoms with Gasteiger partial charge < -0.3 is 9.55 Å². The Hall–Kier alpha value is -2.30. The Morgan fingerprint density at radius 1 is 1.38 bits per heavy atom. The van der Waals surface area contributed by atoms with E-state index in [1.807, 2.05) is 23.9 Å². The van der Waals surface area contributed by atoms with E-state index in [-0.39, 0.29) is 5.56 Å². The van der Waals surface area contributed by atoms with Gasteiger partial charge >= 0.3 is 0 Å². The Bertz CT molecular complexity index is 690. The summed E-state index contributed by atoms with van der Waals surface area (Å²) in [5, 5.41) is 7.61. The van der Waals surface area contributed by atoms with Crippen molar-refractivity contribution in [2.45, 2.75) is 0 Å². The SMILES string of the molecule is Cn1ccc2c(-c3cn[nH]c3)c[nH]c(=O)c21. The lowest BCUT2D eigenvalue weighted by Crippen LogP contribution is -2.08. The van der Waals surface area contributed by atoms with E-state index in [4.69, 9.17) is 0 Å². The van der Waals surface area contributed by atoms with E-state index in [9.17, 15) is 4.79 Å². The van der Waals surface area contributed by atoms with Crippen molar-refractivity contribution in [2.24, 2.45) is 7.05 Å². The van der Waals surface area contributed by atoms with Crippen molar-refractivity contribution in [2.75, 3.05) is 0 Å². The number of pyridine rings is 1. The first-order valence-electron chi connectivity index (χ1n) is 4.93. The molecule has 0 radical (unpaired) electrons. The molecule has 0 bridgehead atoms. The van der Waals surface area contributed by atoms with Gasteiger partial charge in [-0.15, -0.1) is 0 Å². The van der Waals surface area contributed by atoms with Crippen LogP contribution in [-0.2, 0) is 7.05 Å². The van der Waals surface area contributed by atoms with Gasteiger partial charge in [-0.25, -0.2) is 0 Å². The lowest BCUT2D eigenvalue weighted by molar-refractivity contribution is 0.958. The molecule has 0 unspecified atom stereocenters. The fourth-order valence-electron chi connectivity index (χ4n) is 1.95. The number of fused-ring (bicyclic) bond motifs is 1. The van der Waals surface area contributed by atoms with Gasteiger partial charge in [0.1, 0.15) is 5.52 Å². The quantitative estimate of drug-likeness (QED) is 0.640. The summed E-state index contributed by atoms with van der Waals surface area (Å²) >= 11 is 0. The molecular weight excluding hydrogens is 204 g/mol. The second-order valence-corrected chi connectivity index (χ2v) is 3.71. The molecule has 0 atom stereocenters. The van der Waals surface area contributed by atoms with Crippen LogP contribution in [-0.4, -0.2) is 19.7 Å². The van der Waals surface area contributed by atoms with Crippen molar-refractivity contribution < 1.29 is 0 Å². The third-order valence-electron chi connectivity index (χ3n) is 2.73. The van der Waals surface area contributed by atoms with E-state index < -0.39 is 0 Å². The van der Waals surface area contributed by atoms with Crippen molar-refractivity contribution >= 4 is 10.9 Å². The second kappa shape index (κ2) is 3.10. The molecule has 0 fully saturated rings. The van der Waals surface area contributed by atoms with Gasteiger partial charge in [-0.1, -0.05) is 0 Å². The lowest BCUT2D eigenvalue weighted by Gasteiger charge is -2.00. The predicted octanol–water partition coefficient (Wildman–Crippen LogP) is 1.26. The van der Waals surface area contributed by atoms with Crippen LogP contribution in [0.3, 0.4) is 0 Å². The summed E-state index contributed by atoms with van der Waals surface area (Å²) in [7, 11) is 1.86. The maximum Gasteiger partial charge on any atom is 0.272 e. The highest BCUT2D eigenvalue weighted by molar-refractivity contribution is 5.94. The maximum atomic E-state index is 11.7. The maximum absolute atomic E-state index is 11.7. The molecule has 0 saturated carbocycles. The normalized spacial score (nSPS) is 11.1. The molecule has 3 aromatic rings. The average molecular weight is 214 g/mol. The summed E-state index contributed by atoms with van der Waals surface area (Å²) in [5.74, 6) is 0. The van der Waals surface area contributed by atoms with Gasteiger partial charge in [0.15, 0.2) is 0 Å². The molecule has 5 heteroatoms. The molecule has 3 heterocycles. The molecular formula is C11H10N4O. The molecule has 0 aliphatic rings. The van der Waals surface area contributed by atoms with Crippen LogP contribution < -0.4 is 5.56 Å². The lowest BCUT2D eigenvalue weighted by atomic mass is 10.1. The van der Waals surface area contributed by atoms with Crippen LogP contribution in [0.5, 0.6) is 0 Å². The van der Waals surface area contributed by atoms with E-state index in [1.54, 1.807) is 18.6 Å². The van der Waals surface area contributed by atoms with Crippen LogP contribution in [0.15, 0.2) is 35.6 Å². The Balaban J connectivity index is 2.44. The Morgan fingerprint density at radius 2 is 2.25 bits per heavy atom. The Morgan fingerprint density at radius 3 is 3.00 bits per heavy atom. The van der Waals surface area contributed by atoms with Crippen molar-refractivity contribution in [1.82, 2.24) is 19.7 Å². The van der Waals surface area contributed by atoms with Crippen LogP contribution >= 0.6 is 0 Å². The van der Waals surface area contributed by atoms with Crippen LogP contribution in [0.2, 0.25) is 0 Å². The third-order valence-corrected chi connectivity index (χ3v) is 2.73. The first-order chi connectivity index (χ1) is 7.77. The number of rotatable bonds is 1. The topological polar surface area (TPSA) is 66.5 Å². The molecule has 80 valence electrons. The molecule has 3 rings (SSSR count). The molecule has 0 saturated heterocycles. The van der Waals surface area contributed by atoms with Gasteiger partial charge in [-0.2, -0.15) is 5.10 Å². The van der Waals surface area contributed by atoms with Crippen molar-refractivity contribution in [1.29, 1.82) is 0 Å². The molecule has 5 nitrogen and oxygen atoms in total. The molecule has 3 aromatic heterocycles. The summed E-state index contributed by atoms with van der Waals surface area (Å²) < 4.78 is 1.82. The summed E-state index contributed by atoms with van der Waals surface area (Å²) in [6.07, 6.45) is 7.14. The summed E-state index contributed by atoms with van der Waals surface area (Å²) in [6, 6.07) is 1.94. The van der Waals surface area contributed by atoms with E-state index in [1.165, 1.54) is 0 Å². The van der Waals surface area contributed by atoms with Crippen molar-refractivity contribution in [3.05, 3.63) is 41.2 Å². The first kappa shape index (κ1) is 8.96. The van der Waals surface area contributed by atoms with Gasteiger partial charge in [0.2, 0.25) is 0 Å². The van der Waals surface area contributed by atoms with Gasteiger partial charge in [-0.3, -0.25) is 9.89 Å². The zero-order valence-electron chi connectivity index (χ0n) is 8.69. The molecule has 0 aliphatic heterocycles. The summed E-state index contributed by atoms with van der Waals surface area (Å²) in [6.45, 7) is 0. The zero-order valence-corrected chi connectivity index (χ0v) is 8.69. The second-order valence-electron chi connectivity index (χ2n) is 3.71. The van der Waals surface area contributed by atoms with Crippen molar-refractivity contribution in [3.8, 4) is 11.1 Å². The van der Waals surface area contributed by atoms with E-state index in [0.717, 1.165) is 16.5 Å².